The first-order valence-corrected chi connectivity index (χ1v) is 7.52. The predicted octanol–water partition coefficient (Wildman–Crippen LogP) is 1.28. The molecule has 6 heteroatoms. The Hall–Kier alpha value is -1.30. The van der Waals surface area contributed by atoms with E-state index in [1.54, 1.807) is 4.90 Å². The van der Waals surface area contributed by atoms with Crippen molar-refractivity contribution in [3.63, 3.8) is 0 Å². The molecule has 1 saturated carbocycles. The van der Waals surface area contributed by atoms with Crippen molar-refractivity contribution in [2.75, 3.05) is 13.1 Å². The normalized spacial score (nSPS) is 27.6. The molecule has 0 bridgehead atoms. The Labute approximate surface area is 119 Å². The fourth-order valence-corrected chi connectivity index (χ4v) is 3.37. The van der Waals surface area contributed by atoms with Crippen molar-refractivity contribution in [3.05, 3.63) is 0 Å². The molecule has 0 aromatic heterocycles. The summed E-state index contributed by atoms with van der Waals surface area (Å²) in [5, 5.41) is 18.8. The van der Waals surface area contributed by atoms with Gasteiger partial charge in [0, 0.05) is 25.6 Å². The van der Waals surface area contributed by atoms with E-state index in [0.717, 1.165) is 25.7 Å². The lowest BCUT2D eigenvalue weighted by Gasteiger charge is -2.37. The third-order valence-electron chi connectivity index (χ3n) is 4.41. The highest BCUT2D eigenvalue weighted by atomic mass is 16.4. The minimum absolute atomic E-state index is 0.124. The quantitative estimate of drug-likeness (QED) is 0.818. The lowest BCUT2D eigenvalue weighted by Crippen LogP contribution is -2.52. The van der Waals surface area contributed by atoms with Crippen LogP contribution in [0.15, 0.2) is 0 Å². The molecule has 2 aliphatic rings. The van der Waals surface area contributed by atoms with Crippen LogP contribution in [0.4, 0.5) is 4.79 Å². The molecule has 1 aliphatic heterocycles. The van der Waals surface area contributed by atoms with E-state index >= 15 is 0 Å². The van der Waals surface area contributed by atoms with Crippen LogP contribution in [0, 0.1) is 0 Å². The molecule has 1 heterocycles. The number of carboxylic acids is 1. The van der Waals surface area contributed by atoms with E-state index in [4.69, 9.17) is 0 Å². The van der Waals surface area contributed by atoms with Gasteiger partial charge in [-0.15, -0.1) is 0 Å². The van der Waals surface area contributed by atoms with Crippen molar-refractivity contribution in [2.45, 2.75) is 63.6 Å². The van der Waals surface area contributed by atoms with Gasteiger partial charge < -0.3 is 20.0 Å². The van der Waals surface area contributed by atoms with Gasteiger partial charge in [0.25, 0.3) is 0 Å². The molecule has 20 heavy (non-hydrogen) atoms. The lowest BCUT2D eigenvalue weighted by atomic mass is 9.94. The van der Waals surface area contributed by atoms with Crippen molar-refractivity contribution >= 4 is 12.0 Å². The van der Waals surface area contributed by atoms with Gasteiger partial charge in [-0.2, -0.15) is 0 Å². The second-order valence-corrected chi connectivity index (χ2v) is 5.76. The first kappa shape index (κ1) is 15.1. The maximum atomic E-state index is 12.6. The molecule has 1 aliphatic carbocycles. The summed E-state index contributed by atoms with van der Waals surface area (Å²) in [5.41, 5.74) is 0. The third kappa shape index (κ3) is 3.06. The van der Waals surface area contributed by atoms with Gasteiger partial charge in [0.2, 0.25) is 0 Å². The fourth-order valence-electron chi connectivity index (χ4n) is 3.37. The van der Waals surface area contributed by atoms with Gasteiger partial charge in [0.1, 0.15) is 6.04 Å². The minimum atomic E-state index is -1.03. The summed E-state index contributed by atoms with van der Waals surface area (Å²) in [6.45, 7) is 2.64. The van der Waals surface area contributed by atoms with Gasteiger partial charge in [-0.1, -0.05) is 19.3 Å². The maximum absolute atomic E-state index is 12.6. The molecular weight excluding hydrogens is 260 g/mol. The first-order valence-electron chi connectivity index (χ1n) is 7.52. The summed E-state index contributed by atoms with van der Waals surface area (Å²) in [7, 11) is 0. The number of urea groups is 1. The lowest BCUT2D eigenvalue weighted by molar-refractivity contribution is -0.141. The topological polar surface area (TPSA) is 81.1 Å². The zero-order chi connectivity index (χ0) is 14.7. The number of β-amino-alcohol motifs (C(OH)–C–C–N with tert-alkyl or cyclic N) is 1. The van der Waals surface area contributed by atoms with E-state index in [-0.39, 0.29) is 25.0 Å². The van der Waals surface area contributed by atoms with Crippen LogP contribution in [0.2, 0.25) is 0 Å². The number of carboxylic acid groups (broad SMARTS) is 1. The summed E-state index contributed by atoms with van der Waals surface area (Å²) in [5.74, 6) is -1.03. The maximum Gasteiger partial charge on any atom is 0.326 e. The van der Waals surface area contributed by atoms with Crippen LogP contribution in [-0.4, -0.2) is 63.3 Å². The minimum Gasteiger partial charge on any atom is -0.480 e. The number of hydrogen-bond donors (Lipinski definition) is 2. The number of nitrogens with zero attached hydrogens (tertiary/aromatic N) is 2. The van der Waals surface area contributed by atoms with Crippen molar-refractivity contribution in [1.82, 2.24) is 9.80 Å². The van der Waals surface area contributed by atoms with E-state index < -0.39 is 18.1 Å². The standard InChI is InChI=1S/C14H24N2O4/c1-2-15(10-6-4-3-5-7-10)14(20)16-9-11(17)8-12(16)13(18)19/h10-12,17H,2-9H2,1H3,(H,18,19). The number of amides is 2. The van der Waals surface area contributed by atoms with Crippen molar-refractivity contribution in [3.8, 4) is 0 Å². The highest BCUT2D eigenvalue weighted by Crippen LogP contribution is 2.26. The van der Waals surface area contributed by atoms with E-state index in [9.17, 15) is 19.8 Å². The molecule has 2 fully saturated rings. The monoisotopic (exact) mass is 284 g/mol. The number of aliphatic hydroxyl groups excluding tert-OH is 1. The number of aliphatic carboxylic acids is 1. The molecule has 6 nitrogen and oxygen atoms in total. The molecule has 2 atom stereocenters. The summed E-state index contributed by atoms with van der Waals surface area (Å²) in [4.78, 5) is 26.9. The van der Waals surface area contributed by atoms with Gasteiger partial charge >= 0.3 is 12.0 Å². The zero-order valence-corrected chi connectivity index (χ0v) is 12.0. The summed E-state index contributed by atoms with van der Waals surface area (Å²) < 4.78 is 0. The molecule has 2 rings (SSSR count). The Kier molecular flexibility index (Phi) is 4.86. The fraction of sp³-hybridized carbons (Fsp3) is 0.857. The smallest absolute Gasteiger partial charge is 0.326 e. The Morgan fingerprint density at radius 3 is 2.45 bits per heavy atom. The summed E-state index contributed by atoms with van der Waals surface area (Å²) in [6, 6.07) is -0.910. The van der Waals surface area contributed by atoms with Crippen LogP contribution in [-0.2, 0) is 4.79 Å². The third-order valence-corrected chi connectivity index (χ3v) is 4.41. The second kappa shape index (κ2) is 6.43. The Bertz CT molecular complexity index is 368. The van der Waals surface area contributed by atoms with E-state index in [2.05, 4.69) is 0 Å². The molecule has 0 aromatic rings. The number of aliphatic hydroxyl groups is 1. The van der Waals surface area contributed by atoms with Crippen LogP contribution >= 0.6 is 0 Å². The number of hydrogen-bond acceptors (Lipinski definition) is 3. The zero-order valence-electron chi connectivity index (χ0n) is 12.0. The van der Waals surface area contributed by atoms with Gasteiger partial charge in [-0.25, -0.2) is 9.59 Å². The van der Waals surface area contributed by atoms with Crippen molar-refractivity contribution < 1.29 is 19.8 Å². The highest BCUT2D eigenvalue weighted by molar-refractivity contribution is 5.83. The predicted molar refractivity (Wildman–Crippen MR) is 73.4 cm³/mol. The number of carbonyl (C=O) groups excluding carboxylic acids is 1. The molecular formula is C14H24N2O4. The van der Waals surface area contributed by atoms with E-state index in [1.165, 1.54) is 11.3 Å². The van der Waals surface area contributed by atoms with Crippen LogP contribution in [0.1, 0.15) is 45.4 Å². The van der Waals surface area contributed by atoms with E-state index in [1.807, 2.05) is 6.92 Å². The van der Waals surface area contributed by atoms with Crippen molar-refractivity contribution in [1.29, 1.82) is 0 Å². The van der Waals surface area contributed by atoms with Crippen LogP contribution < -0.4 is 0 Å². The number of likely N-dealkylation sites (tertiary alicyclic amines) is 1. The second-order valence-electron chi connectivity index (χ2n) is 5.76. The average Bonchev–Trinajstić information content (AvgIpc) is 2.83. The van der Waals surface area contributed by atoms with Crippen LogP contribution in [0.5, 0.6) is 0 Å². The summed E-state index contributed by atoms with van der Waals surface area (Å²) in [6.07, 6.45) is 4.84. The van der Waals surface area contributed by atoms with Gasteiger partial charge in [0.15, 0.2) is 0 Å². The highest BCUT2D eigenvalue weighted by Gasteiger charge is 2.41. The number of rotatable bonds is 3. The molecule has 2 amide bonds. The van der Waals surface area contributed by atoms with Gasteiger partial charge in [-0.3, -0.25) is 0 Å². The molecule has 0 radical (unpaired) electrons. The van der Waals surface area contributed by atoms with E-state index in [0.29, 0.717) is 6.54 Å². The van der Waals surface area contributed by atoms with Crippen molar-refractivity contribution in [2.24, 2.45) is 0 Å². The summed E-state index contributed by atoms with van der Waals surface area (Å²) >= 11 is 0. The molecule has 0 spiro atoms. The molecule has 114 valence electrons. The molecule has 2 N–H and O–H groups in total. The van der Waals surface area contributed by atoms with Crippen LogP contribution in [0.25, 0.3) is 0 Å². The molecule has 2 unspecified atom stereocenters. The van der Waals surface area contributed by atoms with Gasteiger partial charge in [0.05, 0.1) is 6.10 Å². The Morgan fingerprint density at radius 2 is 1.90 bits per heavy atom. The Morgan fingerprint density at radius 1 is 1.25 bits per heavy atom. The average molecular weight is 284 g/mol. The SMILES string of the molecule is CCN(C(=O)N1CC(O)CC1C(=O)O)C1CCCCC1. The molecule has 1 saturated heterocycles. The van der Waals surface area contributed by atoms with Crippen LogP contribution in [0.3, 0.4) is 0 Å². The largest absolute Gasteiger partial charge is 0.480 e. The Balaban J connectivity index is 2.08. The van der Waals surface area contributed by atoms with Gasteiger partial charge in [-0.05, 0) is 19.8 Å². The first-order chi connectivity index (χ1) is 9.54. The molecule has 0 aromatic carbocycles. The number of carbonyl (C=O) groups is 2.